The molecule has 542 valence electrons. The lowest BCUT2D eigenvalue weighted by atomic mass is 9.95. The maximum Gasteiger partial charge on any atom is 0.166 e. The minimum Gasteiger partial charge on any atom is -0.309 e. The molecule has 0 aliphatic rings. The van der Waals surface area contributed by atoms with Crippen LogP contribution in [0.2, 0.25) is 0 Å². The van der Waals surface area contributed by atoms with Crippen molar-refractivity contribution in [1.29, 1.82) is 0 Å². The van der Waals surface area contributed by atoms with Crippen molar-refractivity contribution in [3.63, 3.8) is 0 Å². The molecule has 0 radical (unpaired) electrons. The van der Waals surface area contributed by atoms with E-state index in [9.17, 15) is 0 Å². The highest BCUT2D eigenvalue weighted by Gasteiger charge is 2.26. The molecule has 0 bridgehead atoms. The first kappa shape index (κ1) is 68.0. The Morgan fingerprint density at radius 2 is 0.336 bits per heavy atom. The predicted octanol–water partition coefficient (Wildman–Crippen LogP) is 24.0. The fourth-order valence-corrected chi connectivity index (χ4v) is 15.5. The van der Waals surface area contributed by atoms with E-state index in [0.717, 1.165) is 144 Å². The first-order chi connectivity index (χ1) is 57.5. The number of rotatable bonds is 16. The second-order valence-corrected chi connectivity index (χ2v) is 28.4. The van der Waals surface area contributed by atoms with Gasteiger partial charge in [-0.05, 0) is 101 Å². The monoisotopic (exact) mass is 1480 g/mol. The van der Waals surface area contributed by atoms with E-state index in [4.69, 9.17) is 59.8 Å². The van der Waals surface area contributed by atoms with Gasteiger partial charge in [0.15, 0.2) is 69.9 Å². The zero-order chi connectivity index (χ0) is 76.8. The molecule has 0 saturated heterocycles. The van der Waals surface area contributed by atoms with Gasteiger partial charge < -0.3 is 9.13 Å². The molecule has 0 amide bonds. The van der Waals surface area contributed by atoms with Crippen molar-refractivity contribution in [2.24, 2.45) is 0 Å². The van der Waals surface area contributed by atoms with Gasteiger partial charge in [-0.3, -0.25) is 0 Å². The number of para-hydroxylation sites is 2. The molecule has 14 nitrogen and oxygen atoms in total. The van der Waals surface area contributed by atoms with E-state index in [1.807, 2.05) is 243 Å². The van der Waals surface area contributed by atoms with Crippen LogP contribution in [-0.2, 0) is 0 Å². The Hall–Kier alpha value is -16.1. The molecular formula is C102H64N14. The average molecular weight is 1490 g/mol. The van der Waals surface area contributed by atoms with Gasteiger partial charge in [0, 0.05) is 88.3 Å². The summed E-state index contributed by atoms with van der Waals surface area (Å²) in [5.41, 5.74) is 19.8. The second-order valence-electron chi connectivity index (χ2n) is 28.4. The molecule has 6 heterocycles. The molecule has 0 aliphatic heterocycles. The van der Waals surface area contributed by atoms with Crippen LogP contribution < -0.4 is 0 Å². The van der Waals surface area contributed by atoms with Crippen molar-refractivity contribution in [3.05, 3.63) is 388 Å². The van der Waals surface area contributed by atoms with Gasteiger partial charge in [-0.25, -0.2) is 59.8 Å². The maximum atomic E-state index is 5.47. The van der Waals surface area contributed by atoms with Crippen molar-refractivity contribution in [2.45, 2.75) is 0 Å². The van der Waals surface area contributed by atoms with E-state index in [1.165, 1.54) is 0 Å². The van der Waals surface area contributed by atoms with Gasteiger partial charge in [-0.1, -0.05) is 309 Å². The lowest BCUT2D eigenvalue weighted by Crippen LogP contribution is -2.04. The summed E-state index contributed by atoms with van der Waals surface area (Å²) in [5, 5.41) is 4.13. The van der Waals surface area contributed by atoms with Crippen LogP contribution in [-0.4, -0.2) is 68.9 Å². The van der Waals surface area contributed by atoms with Crippen molar-refractivity contribution in [2.75, 3.05) is 0 Å². The predicted molar refractivity (Wildman–Crippen MR) is 465 cm³/mol. The minimum absolute atomic E-state index is 0.504. The third-order valence-electron chi connectivity index (χ3n) is 21.1. The van der Waals surface area contributed by atoms with E-state index in [0.29, 0.717) is 69.9 Å². The number of aromatic nitrogens is 14. The molecule has 0 saturated carbocycles. The third-order valence-corrected chi connectivity index (χ3v) is 21.1. The molecule has 0 atom stereocenters. The highest BCUT2D eigenvalue weighted by molar-refractivity contribution is 6.12. The summed E-state index contributed by atoms with van der Waals surface area (Å²) in [5.74, 6) is 6.69. The number of nitrogens with zero attached hydrogens (tertiary/aromatic N) is 14. The molecule has 15 aromatic carbocycles. The van der Waals surface area contributed by atoms with Crippen molar-refractivity contribution in [3.8, 4) is 170 Å². The van der Waals surface area contributed by atoms with Gasteiger partial charge in [0.1, 0.15) is 0 Å². The third kappa shape index (κ3) is 12.8. The van der Waals surface area contributed by atoms with Crippen LogP contribution in [0.4, 0.5) is 0 Å². The Labute approximate surface area is 667 Å². The summed E-state index contributed by atoms with van der Waals surface area (Å²) in [7, 11) is 0. The van der Waals surface area contributed by atoms with E-state index >= 15 is 0 Å². The standard InChI is InChI=1S/C102H64N14/c1-9-30-65(31-10-1)91-103-92(66-32-11-2-12-33-66)108-99(107-91)77-54-58-87-81(63-77)79-48-25-27-50-85(79)115(87)89-56-52-75(61-83(89)101-111-95(69-38-17-5-18-39-69)105-96(112-101)70-40-19-6-20-41-70)73-46-29-47-74(60-73)76-53-57-90(84(62-76)102-113-97(71-42-21-7-22-43-71)106-98(114-102)72-44-23-8-24-45-72)116-86-51-28-26-49-80(86)82-64-78(55-59-88(82)116)100-109-93(67-34-13-3-14-35-67)104-94(110-100)68-36-15-4-16-37-68/h1-64H. The van der Waals surface area contributed by atoms with Gasteiger partial charge >= 0.3 is 0 Å². The van der Waals surface area contributed by atoms with Crippen molar-refractivity contribution in [1.82, 2.24) is 68.9 Å². The lowest BCUT2D eigenvalue weighted by Gasteiger charge is -2.17. The molecule has 116 heavy (non-hydrogen) atoms. The molecule has 0 unspecified atom stereocenters. The molecule has 21 rings (SSSR count). The Morgan fingerprint density at radius 3 is 0.612 bits per heavy atom. The molecular weight excluding hydrogens is 1420 g/mol. The van der Waals surface area contributed by atoms with Crippen molar-refractivity contribution >= 4 is 43.6 Å². The van der Waals surface area contributed by atoms with Crippen LogP contribution in [0, 0.1) is 0 Å². The first-order valence-electron chi connectivity index (χ1n) is 38.4. The highest BCUT2D eigenvalue weighted by Crippen LogP contribution is 2.44. The Morgan fingerprint density at radius 1 is 0.129 bits per heavy atom. The first-order valence-corrected chi connectivity index (χ1v) is 38.4. The molecule has 0 spiro atoms. The summed E-state index contributed by atoms with van der Waals surface area (Å²) >= 11 is 0. The number of benzene rings is 15. The van der Waals surface area contributed by atoms with E-state index in [-0.39, 0.29) is 0 Å². The van der Waals surface area contributed by atoms with E-state index < -0.39 is 0 Å². The van der Waals surface area contributed by atoms with Crippen LogP contribution in [0.5, 0.6) is 0 Å². The normalized spacial score (nSPS) is 11.4. The molecule has 14 heteroatoms. The molecule has 0 N–H and O–H groups in total. The minimum atomic E-state index is 0.504. The van der Waals surface area contributed by atoms with Crippen LogP contribution in [0.3, 0.4) is 0 Å². The summed E-state index contributed by atoms with van der Waals surface area (Å²) in [6, 6.07) is 133. The fraction of sp³-hybridized carbons (Fsp3) is 0. The molecule has 0 aliphatic carbocycles. The summed E-state index contributed by atoms with van der Waals surface area (Å²) in [6.45, 7) is 0. The van der Waals surface area contributed by atoms with Crippen LogP contribution in [0.1, 0.15) is 0 Å². The van der Waals surface area contributed by atoms with Gasteiger partial charge in [-0.15, -0.1) is 0 Å². The smallest absolute Gasteiger partial charge is 0.166 e. The zero-order valence-corrected chi connectivity index (χ0v) is 62.2. The fourth-order valence-electron chi connectivity index (χ4n) is 15.5. The van der Waals surface area contributed by atoms with Gasteiger partial charge in [0.25, 0.3) is 0 Å². The molecule has 6 aromatic heterocycles. The number of hydrogen-bond donors (Lipinski definition) is 0. The van der Waals surface area contributed by atoms with Crippen LogP contribution >= 0.6 is 0 Å². The molecule has 0 fully saturated rings. The van der Waals surface area contributed by atoms with E-state index in [2.05, 4.69) is 155 Å². The highest BCUT2D eigenvalue weighted by atomic mass is 15.1. The largest absolute Gasteiger partial charge is 0.309 e. The van der Waals surface area contributed by atoms with Gasteiger partial charge in [0.05, 0.1) is 33.4 Å². The average Bonchev–Trinajstić information content (AvgIpc) is 1.57. The lowest BCUT2D eigenvalue weighted by molar-refractivity contribution is 1.06. The quantitative estimate of drug-likeness (QED) is 0.0900. The number of fused-ring (bicyclic) bond motifs is 6. The van der Waals surface area contributed by atoms with Crippen LogP contribution in [0.15, 0.2) is 388 Å². The van der Waals surface area contributed by atoms with Crippen LogP contribution in [0.25, 0.3) is 214 Å². The maximum absolute atomic E-state index is 5.47. The Kier molecular flexibility index (Phi) is 17.2. The summed E-state index contributed by atoms with van der Waals surface area (Å²) in [6.07, 6.45) is 0. The Balaban J connectivity index is 0.744. The SMILES string of the molecule is c1ccc(-c2nc(-c3ccccc3)nc(-c3ccc4c(c3)c3ccccc3n4-c3ccc(-c4cccc(-c5ccc(-n6c7ccccc7c7cc(-c8nc(-c9ccccc9)nc(-c9ccccc9)n8)ccc76)c(-c6nc(-c7ccccc7)nc(-c7ccccc7)n6)c5)c4)cc3-c3nc(-c4ccccc4)nc(-c4ccccc4)n3)n2)cc1. The Bertz CT molecular complexity index is 6630. The summed E-state index contributed by atoms with van der Waals surface area (Å²) in [4.78, 5) is 63.0. The summed E-state index contributed by atoms with van der Waals surface area (Å²) < 4.78 is 4.67. The van der Waals surface area contributed by atoms with Gasteiger partial charge in [0.2, 0.25) is 0 Å². The van der Waals surface area contributed by atoms with Crippen molar-refractivity contribution < 1.29 is 0 Å². The second kappa shape index (κ2) is 29.3. The molecule has 21 aromatic rings. The number of hydrogen-bond acceptors (Lipinski definition) is 12. The zero-order valence-electron chi connectivity index (χ0n) is 62.2. The van der Waals surface area contributed by atoms with Gasteiger partial charge in [-0.2, -0.15) is 0 Å². The topological polar surface area (TPSA) is 165 Å². The van der Waals surface area contributed by atoms with E-state index in [1.54, 1.807) is 0 Å².